The first-order valence-electron chi connectivity index (χ1n) is 10.7. The minimum Gasteiger partial charge on any atom is -0.465 e. The predicted molar refractivity (Wildman–Crippen MR) is 117 cm³/mol. The van der Waals surface area contributed by atoms with Crippen LogP contribution >= 0.6 is 0 Å². The molecule has 1 aromatic heterocycles. The molecule has 1 saturated heterocycles. The summed E-state index contributed by atoms with van der Waals surface area (Å²) in [5.41, 5.74) is -0.966. The van der Waals surface area contributed by atoms with Gasteiger partial charge in [-0.05, 0) is 52.7 Å². The molecule has 9 nitrogen and oxygen atoms in total. The predicted octanol–water partition coefficient (Wildman–Crippen LogP) is 3.36. The highest BCUT2D eigenvalue weighted by Gasteiger charge is 2.42. The van der Waals surface area contributed by atoms with Crippen LogP contribution in [0.15, 0.2) is 24.3 Å². The molecule has 174 valence electrons. The van der Waals surface area contributed by atoms with Crippen molar-refractivity contribution in [3.8, 4) is 0 Å². The molecular weight excluding hydrogens is 414 g/mol. The number of ketones is 1. The molecule has 1 amide bonds. The van der Waals surface area contributed by atoms with Gasteiger partial charge in [0, 0.05) is 26.1 Å². The van der Waals surface area contributed by atoms with Crippen LogP contribution in [-0.4, -0.2) is 65.2 Å². The third-order valence-corrected chi connectivity index (χ3v) is 5.69. The smallest absolute Gasteiger partial charge is 0.410 e. The number of carbonyl (C=O) groups excluding carboxylic acids is 3. The molecular formula is C23H31N3O6. The molecule has 2 aromatic rings. The Kier molecular flexibility index (Phi) is 6.59. The van der Waals surface area contributed by atoms with E-state index in [-0.39, 0.29) is 23.6 Å². The second kappa shape index (κ2) is 8.90. The lowest BCUT2D eigenvalue weighted by molar-refractivity contribution is -0.176. The number of para-hydroxylation sites is 2. The van der Waals surface area contributed by atoms with E-state index >= 15 is 0 Å². The van der Waals surface area contributed by atoms with Crippen molar-refractivity contribution < 1.29 is 28.6 Å². The quantitative estimate of drug-likeness (QED) is 0.514. The Balaban J connectivity index is 1.90. The van der Waals surface area contributed by atoms with Gasteiger partial charge in [-0.15, -0.1) is 0 Å². The van der Waals surface area contributed by atoms with Crippen LogP contribution in [0, 0.1) is 5.92 Å². The molecule has 0 bridgehead atoms. The van der Waals surface area contributed by atoms with Crippen molar-refractivity contribution >= 4 is 28.9 Å². The Morgan fingerprint density at radius 3 is 2.22 bits per heavy atom. The van der Waals surface area contributed by atoms with Gasteiger partial charge in [0.1, 0.15) is 5.60 Å². The number of amides is 1. The topological polar surface area (TPSA) is 100.0 Å². The van der Waals surface area contributed by atoms with Crippen LogP contribution in [0.4, 0.5) is 4.79 Å². The van der Waals surface area contributed by atoms with Crippen LogP contribution in [0.1, 0.15) is 51.2 Å². The number of esters is 1. The fourth-order valence-electron chi connectivity index (χ4n) is 3.91. The normalized spacial score (nSPS) is 17.1. The molecule has 0 aliphatic carbocycles. The summed E-state index contributed by atoms with van der Waals surface area (Å²) >= 11 is 0. The molecule has 1 atom stereocenters. The lowest BCUT2D eigenvalue weighted by Gasteiger charge is -2.33. The molecule has 2 heterocycles. The Labute approximate surface area is 187 Å². The van der Waals surface area contributed by atoms with Crippen molar-refractivity contribution in [2.45, 2.75) is 51.9 Å². The van der Waals surface area contributed by atoms with Crippen LogP contribution in [0.3, 0.4) is 0 Å². The number of ether oxygens (including phenoxy) is 3. The summed E-state index contributed by atoms with van der Waals surface area (Å²) in [6.45, 7) is 7.82. The van der Waals surface area contributed by atoms with E-state index in [2.05, 4.69) is 4.98 Å². The average Bonchev–Trinajstić information content (AvgIpc) is 3.16. The molecule has 0 N–H and O–H groups in total. The second-order valence-corrected chi connectivity index (χ2v) is 9.04. The second-order valence-electron chi connectivity index (χ2n) is 9.04. The van der Waals surface area contributed by atoms with E-state index in [0.717, 1.165) is 0 Å². The summed E-state index contributed by atoms with van der Waals surface area (Å²) < 4.78 is 17.4. The first kappa shape index (κ1) is 23.7. The molecule has 1 aliphatic heterocycles. The molecule has 1 aromatic carbocycles. The summed E-state index contributed by atoms with van der Waals surface area (Å²) in [6.07, 6.45) is 0.570. The molecule has 9 heteroatoms. The van der Waals surface area contributed by atoms with Crippen LogP contribution in [-0.2, 0) is 24.7 Å². The monoisotopic (exact) mass is 445 g/mol. The van der Waals surface area contributed by atoms with Gasteiger partial charge in [0.2, 0.25) is 11.5 Å². The van der Waals surface area contributed by atoms with Crippen molar-refractivity contribution in [1.29, 1.82) is 0 Å². The number of imidazole rings is 1. The number of carbonyl (C=O) groups is 3. The van der Waals surface area contributed by atoms with E-state index in [9.17, 15) is 14.4 Å². The third kappa shape index (κ3) is 4.48. The lowest BCUT2D eigenvalue weighted by atomic mass is 9.92. The molecule has 1 aliphatic rings. The first-order chi connectivity index (χ1) is 15.0. The van der Waals surface area contributed by atoms with Crippen molar-refractivity contribution in [2.24, 2.45) is 5.92 Å². The van der Waals surface area contributed by atoms with E-state index in [1.165, 1.54) is 18.8 Å². The van der Waals surface area contributed by atoms with Gasteiger partial charge in [-0.25, -0.2) is 14.6 Å². The number of hydrogen-bond donors (Lipinski definition) is 0. The maximum Gasteiger partial charge on any atom is 0.410 e. The van der Waals surface area contributed by atoms with Gasteiger partial charge in [-0.1, -0.05) is 12.1 Å². The zero-order valence-corrected chi connectivity index (χ0v) is 19.5. The van der Waals surface area contributed by atoms with Gasteiger partial charge in [0.05, 0.1) is 18.1 Å². The number of benzene rings is 1. The first-order valence-corrected chi connectivity index (χ1v) is 10.7. The Hall–Kier alpha value is -2.94. The minimum absolute atomic E-state index is 0.136. The molecule has 0 spiro atoms. The number of nitrogens with zero attached hydrogens (tertiary/aromatic N) is 3. The van der Waals surface area contributed by atoms with Gasteiger partial charge < -0.3 is 19.1 Å². The number of likely N-dealkylation sites (tertiary alicyclic amines) is 1. The van der Waals surface area contributed by atoms with Crippen molar-refractivity contribution in [3.05, 3.63) is 30.1 Å². The highest BCUT2D eigenvalue weighted by Crippen LogP contribution is 2.31. The maximum atomic E-state index is 13.5. The Morgan fingerprint density at radius 2 is 1.66 bits per heavy atom. The summed E-state index contributed by atoms with van der Waals surface area (Å²) in [4.78, 5) is 44.7. The largest absolute Gasteiger partial charge is 0.465 e. The lowest BCUT2D eigenvalue weighted by Crippen LogP contribution is -2.45. The zero-order valence-electron chi connectivity index (χ0n) is 19.5. The van der Waals surface area contributed by atoms with Crippen molar-refractivity contribution in [3.63, 3.8) is 0 Å². The number of piperidine rings is 1. The van der Waals surface area contributed by atoms with Gasteiger partial charge in [-0.3, -0.25) is 9.36 Å². The standard InChI is InChI=1S/C23H31N3O6/c1-22(2,3)32-21(29)25-13-11-15(12-14-25)18(27)19-24-16-9-7-8-10-17(16)26(19)23(4,31-6)20(28)30-5/h7-10,15H,11-14H2,1-6H3. The Morgan fingerprint density at radius 1 is 1.03 bits per heavy atom. The van der Waals surface area contributed by atoms with E-state index in [1.807, 2.05) is 26.8 Å². The zero-order chi connectivity index (χ0) is 23.7. The number of aromatic nitrogens is 2. The van der Waals surface area contributed by atoms with Crippen LogP contribution < -0.4 is 0 Å². The number of Topliss-reactive ketones (excluding diaryl/α,β-unsaturated/α-hetero) is 1. The highest BCUT2D eigenvalue weighted by molar-refractivity contribution is 5.99. The fourth-order valence-corrected chi connectivity index (χ4v) is 3.91. The van der Waals surface area contributed by atoms with Crippen molar-refractivity contribution in [2.75, 3.05) is 27.3 Å². The molecule has 0 saturated carbocycles. The van der Waals surface area contributed by atoms with Crippen LogP contribution in [0.5, 0.6) is 0 Å². The maximum absolute atomic E-state index is 13.5. The number of hydrogen-bond acceptors (Lipinski definition) is 7. The number of methoxy groups -OCH3 is 2. The van der Waals surface area contributed by atoms with E-state index in [4.69, 9.17) is 14.2 Å². The van der Waals surface area contributed by atoms with Gasteiger partial charge in [0.25, 0.3) is 0 Å². The summed E-state index contributed by atoms with van der Waals surface area (Å²) in [6, 6.07) is 7.18. The summed E-state index contributed by atoms with van der Waals surface area (Å²) in [5, 5.41) is 0. The number of rotatable bonds is 5. The summed E-state index contributed by atoms with van der Waals surface area (Å²) in [7, 11) is 2.66. The van der Waals surface area contributed by atoms with Crippen LogP contribution in [0.2, 0.25) is 0 Å². The van der Waals surface area contributed by atoms with Crippen molar-refractivity contribution in [1.82, 2.24) is 14.5 Å². The van der Waals surface area contributed by atoms with E-state index < -0.39 is 17.3 Å². The van der Waals surface area contributed by atoms with E-state index in [0.29, 0.717) is 37.0 Å². The minimum atomic E-state index is -1.56. The fraction of sp³-hybridized carbons (Fsp3) is 0.565. The summed E-state index contributed by atoms with van der Waals surface area (Å²) in [5.74, 6) is -1.05. The number of fused-ring (bicyclic) bond motifs is 1. The highest BCUT2D eigenvalue weighted by atomic mass is 16.6. The van der Waals surface area contributed by atoms with Gasteiger partial charge >= 0.3 is 12.1 Å². The average molecular weight is 446 g/mol. The molecule has 32 heavy (non-hydrogen) atoms. The molecule has 1 fully saturated rings. The van der Waals surface area contributed by atoms with Crippen LogP contribution in [0.25, 0.3) is 11.0 Å². The molecule has 0 radical (unpaired) electrons. The van der Waals surface area contributed by atoms with Gasteiger partial charge in [-0.2, -0.15) is 0 Å². The molecule has 1 unspecified atom stereocenters. The van der Waals surface area contributed by atoms with Gasteiger partial charge in [0.15, 0.2) is 5.82 Å². The third-order valence-electron chi connectivity index (χ3n) is 5.69. The Bertz CT molecular complexity index is 1020. The molecule has 3 rings (SSSR count). The van der Waals surface area contributed by atoms with E-state index in [1.54, 1.807) is 30.0 Å². The SMILES string of the molecule is COC(=O)C(C)(OC)n1c(C(=O)C2CCN(C(=O)OC(C)(C)C)CC2)nc2ccccc21.